The Hall–Kier alpha value is -9.18. The molecule has 3 nitrogen and oxygen atoms in total. The molecule has 0 fully saturated rings. The first kappa shape index (κ1) is 39.0. The van der Waals surface area contributed by atoms with Gasteiger partial charge in [-0.25, -0.2) is 0 Å². The predicted octanol–water partition coefficient (Wildman–Crippen LogP) is 17.6. The van der Waals surface area contributed by atoms with Gasteiger partial charge >= 0.3 is 0 Å². The highest BCUT2D eigenvalue weighted by Gasteiger charge is 2.21. The molecule has 0 unspecified atom stereocenters. The molecule has 69 heavy (non-hydrogen) atoms. The number of aromatic nitrogens is 3. The van der Waals surface area contributed by atoms with Gasteiger partial charge in [-0.05, 0) is 118 Å². The molecule has 0 aliphatic carbocycles. The van der Waals surface area contributed by atoms with Crippen LogP contribution < -0.4 is 0 Å². The number of hydrogen-bond donors (Lipinski definition) is 0. The monoisotopic (exact) mass is 877 g/mol. The van der Waals surface area contributed by atoms with Crippen molar-refractivity contribution in [1.82, 2.24) is 13.7 Å². The molecular weight excluding hydrogens is 835 g/mol. The Bertz CT molecular complexity index is 4270. The molecule has 0 saturated heterocycles. The van der Waals surface area contributed by atoms with E-state index in [4.69, 9.17) is 0 Å². The summed E-state index contributed by atoms with van der Waals surface area (Å²) in [6.45, 7) is 0. The minimum absolute atomic E-state index is 1.14. The largest absolute Gasteiger partial charge is 0.309 e. The summed E-state index contributed by atoms with van der Waals surface area (Å²) in [5.41, 5.74) is 20.2. The number of para-hydroxylation sites is 3. The Morgan fingerprint density at radius 2 is 0.623 bits per heavy atom. The van der Waals surface area contributed by atoms with Gasteiger partial charge in [0.15, 0.2) is 0 Å². The van der Waals surface area contributed by atoms with Crippen LogP contribution in [0.15, 0.2) is 261 Å². The summed E-state index contributed by atoms with van der Waals surface area (Å²) in [6, 6.07) is 95.4. The highest BCUT2D eigenvalue weighted by atomic mass is 15.0. The van der Waals surface area contributed by atoms with E-state index in [0.717, 1.165) is 11.4 Å². The van der Waals surface area contributed by atoms with Crippen LogP contribution in [0.3, 0.4) is 0 Å². The van der Waals surface area contributed by atoms with E-state index in [1.165, 1.54) is 116 Å². The Labute approximate surface area is 399 Å². The third kappa shape index (κ3) is 6.21. The number of fused-ring (bicyclic) bond motifs is 9. The molecule has 0 atom stereocenters. The van der Waals surface area contributed by atoms with E-state index in [9.17, 15) is 0 Å². The van der Waals surface area contributed by atoms with Crippen LogP contribution in [0.25, 0.3) is 127 Å². The van der Waals surface area contributed by atoms with Crippen molar-refractivity contribution >= 4 is 65.4 Å². The summed E-state index contributed by atoms with van der Waals surface area (Å²) in [4.78, 5) is 0. The summed E-state index contributed by atoms with van der Waals surface area (Å²) in [7, 11) is 0. The third-order valence-corrected chi connectivity index (χ3v) is 14.3. The standard InChI is InChI=1S/C66H43N3/c1-4-17-44(18-5-1)45-31-35-50(36-32-45)67-64-39-34-49(42-58(64)66-53(26-16-30-65(66)67)47-21-8-3-9-22-47)48-33-38-62-56(41-48)54-24-11-14-28-60(54)68(62)51-37-40-63-57(43-51)55-25-12-15-29-61(55)69(63)59-27-13-10-23-52(59)46-19-6-2-7-20-46/h1-43H. The van der Waals surface area contributed by atoms with Crippen LogP contribution in [-0.2, 0) is 0 Å². The van der Waals surface area contributed by atoms with Crippen molar-refractivity contribution in [2.24, 2.45) is 0 Å². The van der Waals surface area contributed by atoms with Crippen molar-refractivity contribution in [3.8, 4) is 61.6 Å². The first-order valence-electron chi connectivity index (χ1n) is 23.8. The molecule has 322 valence electrons. The van der Waals surface area contributed by atoms with Crippen molar-refractivity contribution in [2.75, 3.05) is 0 Å². The van der Waals surface area contributed by atoms with Crippen LogP contribution in [0.1, 0.15) is 0 Å². The van der Waals surface area contributed by atoms with Gasteiger partial charge in [0.05, 0.1) is 38.8 Å². The second-order valence-electron chi connectivity index (χ2n) is 18.1. The fourth-order valence-electron chi connectivity index (χ4n) is 11.1. The zero-order valence-electron chi connectivity index (χ0n) is 37.7. The normalized spacial score (nSPS) is 11.8. The van der Waals surface area contributed by atoms with Crippen molar-refractivity contribution in [1.29, 1.82) is 0 Å². The smallest absolute Gasteiger partial charge is 0.0547 e. The highest BCUT2D eigenvalue weighted by molar-refractivity contribution is 6.17. The molecule has 0 saturated carbocycles. The molecule has 0 radical (unpaired) electrons. The molecule has 14 aromatic rings. The molecular formula is C66H43N3. The summed E-state index contributed by atoms with van der Waals surface area (Å²) in [5, 5.41) is 7.41. The average molecular weight is 878 g/mol. The Morgan fingerprint density at radius 1 is 0.203 bits per heavy atom. The van der Waals surface area contributed by atoms with Crippen molar-refractivity contribution in [3.05, 3.63) is 261 Å². The number of hydrogen-bond acceptors (Lipinski definition) is 0. The fraction of sp³-hybridized carbons (Fsp3) is 0. The lowest BCUT2D eigenvalue weighted by Gasteiger charge is -2.14. The van der Waals surface area contributed by atoms with Crippen molar-refractivity contribution in [2.45, 2.75) is 0 Å². The Balaban J connectivity index is 0.928. The van der Waals surface area contributed by atoms with Gasteiger partial charge in [0.25, 0.3) is 0 Å². The molecule has 0 aliphatic rings. The van der Waals surface area contributed by atoms with E-state index in [0.29, 0.717) is 0 Å². The Kier molecular flexibility index (Phi) is 8.90. The molecule has 14 rings (SSSR count). The maximum atomic E-state index is 2.45. The van der Waals surface area contributed by atoms with E-state index >= 15 is 0 Å². The van der Waals surface area contributed by atoms with E-state index < -0.39 is 0 Å². The van der Waals surface area contributed by atoms with Crippen molar-refractivity contribution < 1.29 is 0 Å². The minimum atomic E-state index is 1.14. The molecule has 0 amide bonds. The topological polar surface area (TPSA) is 14.8 Å². The second-order valence-corrected chi connectivity index (χ2v) is 18.1. The fourth-order valence-corrected chi connectivity index (χ4v) is 11.1. The van der Waals surface area contributed by atoms with Crippen molar-refractivity contribution in [3.63, 3.8) is 0 Å². The maximum absolute atomic E-state index is 2.45. The van der Waals surface area contributed by atoms with Gasteiger partial charge in [0.1, 0.15) is 0 Å². The number of nitrogens with zero attached hydrogens (tertiary/aromatic N) is 3. The zero-order valence-corrected chi connectivity index (χ0v) is 37.7. The average Bonchev–Trinajstić information content (AvgIpc) is 4.06. The Morgan fingerprint density at radius 3 is 1.32 bits per heavy atom. The molecule has 0 aliphatic heterocycles. The summed E-state index contributed by atoms with van der Waals surface area (Å²) < 4.78 is 7.32. The molecule has 3 heterocycles. The van der Waals surface area contributed by atoms with Gasteiger partial charge in [0.2, 0.25) is 0 Å². The van der Waals surface area contributed by atoms with E-state index in [-0.39, 0.29) is 0 Å². The second kappa shape index (κ2) is 15.7. The molecule has 0 N–H and O–H groups in total. The number of benzene rings is 11. The quantitative estimate of drug-likeness (QED) is 0.152. The zero-order chi connectivity index (χ0) is 45.4. The van der Waals surface area contributed by atoms with Gasteiger partial charge < -0.3 is 13.7 Å². The van der Waals surface area contributed by atoms with Gasteiger partial charge in [-0.2, -0.15) is 0 Å². The van der Waals surface area contributed by atoms with E-state index in [2.05, 4.69) is 275 Å². The van der Waals surface area contributed by atoms with Crippen LogP contribution >= 0.6 is 0 Å². The maximum Gasteiger partial charge on any atom is 0.0547 e. The highest BCUT2D eigenvalue weighted by Crippen LogP contribution is 2.43. The van der Waals surface area contributed by atoms with E-state index in [1.807, 2.05) is 0 Å². The lowest BCUT2D eigenvalue weighted by Crippen LogP contribution is -1.98. The molecule has 0 bridgehead atoms. The third-order valence-electron chi connectivity index (χ3n) is 14.3. The van der Waals surface area contributed by atoms with Gasteiger partial charge in [0, 0.05) is 49.3 Å². The summed E-state index contributed by atoms with van der Waals surface area (Å²) in [5.74, 6) is 0. The first-order valence-corrected chi connectivity index (χ1v) is 23.8. The van der Waals surface area contributed by atoms with Gasteiger partial charge in [-0.1, -0.05) is 182 Å². The van der Waals surface area contributed by atoms with E-state index in [1.54, 1.807) is 0 Å². The van der Waals surface area contributed by atoms with Crippen LogP contribution in [-0.4, -0.2) is 13.7 Å². The van der Waals surface area contributed by atoms with Crippen LogP contribution in [0.5, 0.6) is 0 Å². The van der Waals surface area contributed by atoms with Gasteiger partial charge in [-0.15, -0.1) is 0 Å². The molecule has 3 heteroatoms. The van der Waals surface area contributed by atoms with Gasteiger partial charge in [-0.3, -0.25) is 0 Å². The summed E-state index contributed by atoms with van der Waals surface area (Å²) in [6.07, 6.45) is 0. The molecule has 3 aromatic heterocycles. The van der Waals surface area contributed by atoms with Crippen LogP contribution in [0, 0.1) is 0 Å². The SMILES string of the molecule is c1ccc(-c2ccc(-n3c4ccc(-c5ccc6c(c5)c5ccccc5n6-c5ccc6c(c5)c5ccccc5n6-c5ccccc5-c5ccccc5)cc4c4c(-c5ccccc5)cccc43)cc2)cc1. The number of rotatable bonds is 7. The lowest BCUT2D eigenvalue weighted by molar-refractivity contribution is 1.17. The summed E-state index contributed by atoms with van der Waals surface area (Å²) >= 11 is 0. The van der Waals surface area contributed by atoms with Crippen LogP contribution in [0.4, 0.5) is 0 Å². The van der Waals surface area contributed by atoms with Crippen LogP contribution in [0.2, 0.25) is 0 Å². The first-order chi connectivity index (χ1) is 34.2. The minimum Gasteiger partial charge on any atom is -0.309 e. The predicted molar refractivity (Wildman–Crippen MR) is 291 cm³/mol. The molecule has 11 aromatic carbocycles. The lowest BCUT2D eigenvalue weighted by atomic mass is 9.97. The molecule has 0 spiro atoms.